The van der Waals surface area contributed by atoms with Crippen molar-refractivity contribution in [2.45, 2.75) is 38.3 Å². The Bertz CT molecular complexity index is 354. The molecule has 0 aliphatic rings. The summed E-state index contributed by atoms with van der Waals surface area (Å²) in [6.07, 6.45) is 1.56. The van der Waals surface area contributed by atoms with E-state index in [9.17, 15) is 4.79 Å². The number of hydrogen-bond donors (Lipinski definition) is 0. The fourth-order valence-electron chi connectivity index (χ4n) is 1.07. The Morgan fingerprint density at radius 2 is 2.12 bits per heavy atom. The zero-order chi connectivity index (χ0) is 12.2. The van der Waals surface area contributed by atoms with Crippen LogP contribution in [0.25, 0.3) is 0 Å². The SMILES string of the molecule is CCSc1ccc(C(=O)OC(C)(C)C)cn1. The van der Waals surface area contributed by atoms with Gasteiger partial charge in [-0.3, -0.25) is 0 Å². The van der Waals surface area contributed by atoms with Crippen LogP contribution in [0.1, 0.15) is 38.1 Å². The molecule has 0 unspecified atom stereocenters. The van der Waals surface area contributed by atoms with Crippen LogP contribution in [0.5, 0.6) is 0 Å². The summed E-state index contributed by atoms with van der Waals surface area (Å²) in [5.41, 5.74) is 0.0314. The number of thioether (sulfide) groups is 1. The van der Waals surface area contributed by atoms with Crippen LogP contribution < -0.4 is 0 Å². The normalized spacial score (nSPS) is 11.2. The Hall–Kier alpha value is -1.03. The lowest BCUT2D eigenvalue weighted by molar-refractivity contribution is 0.00690. The molecule has 0 saturated heterocycles. The number of carbonyl (C=O) groups excluding carboxylic acids is 1. The molecule has 0 fully saturated rings. The monoisotopic (exact) mass is 239 g/mol. The van der Waals surface area contributed by atoms with Gasteiger partial charge >= 0.3 is 5.97 Å². The van der Waals surface area contributed by atoms with Crippen LogP contribution in [0.2, 0.25) is 0 Å². The summed E-state index contributed by atoms with van der Waals surface area (Å²) in [6, 6.07) is 3.59. The van der Waals surface area contributed by atoms with Crippen LogP contribution in [0.4, 0.5) is 0 Å². The molecule has 0 aromatic carbocycles. The first-order chi connectivity index (χ1) is 7.42. The molecule has 0 amide bonds. The summed E-state index contributed by atoms with van der Waals surface area (Å²) < 4.78 is 5.24. The van der Waals surface area contributed by atoms with Gasteiger partial charge in [0.05, 0.1) is 10.6 Å². The van der Waals surface area contributed by atoms with E-state index in [0.717, 1.165) is 10.8 Å². The van der Waals surface area contributed by atoms with Gasteiger partial charge in [0.15, 0.2) is 0 Å². The first-order valence-corrected chi connectivity index (χ1v) is 6.23. The van der Waals surface area contributed by atoms with Crippen LogP contribution >= 0.6 is 11.8 Å². The second kappa shape index (κ2) is 5.34. The highest BCUT2D eigenvalue weighted by Crippen LogP contribution is 2.16. The minimum absolute atomic E-state index is 0.326. The van der Waals surface area contributed by atoms with Crippen LogP contribution in [0.15, 0.2) is 23.4 Å². The van der Waals surface area contributed by atoms with Crippen LogP contribution in [0, 0.1) is 0 Å². The van der Waals surface area contributed by atoms with Gasteiger partial charge in [-0.05, 0) is 38.7 Å². The summed E-state index contributed by atoms with van der Waals surface area (Å²) in [5, 5.41) is 0.926. The third-order valence-corrected chi connectivity index (χ3v) is 2.49. The number of hydrogen-bond acceptors (Lipinski definition) is 4. The maximum Gasteiger partial charge on any atom is 0.340 e. The molecule has 1 aromatic heterocycles. The van der Waals surface area contributed by atoms with Gasteiger partial charge in [0.2, 0.25) is 0 Å². The predicted octanol–water partition coefficient (Wildman–Crippen LogP) is 3.15. The zero-order valence-corrected chi connectivity index (χ0v) is 10.9. The lowest BCUT2D eigenvalue weighted by Crippen LogP contribution is -2.23. The van der Waals surface area contributed by atoms with Crippen molar-refractivity contribution < 1.29 is 9.53 Å². The average Bonchev–Trinajstić information content (AvgIpc) is 2.16. The maximum atomic E-state index is 11.7. The lowest BCUT2D eigenvalue weighted by Gasteiger charge is -2.19. The van der Waals surface area contributed by atoms with E-state index in [1.54, 1.807) is 24.0 Å². The van der Waals surface area contributed by atoms with Gasteiger partial charge in [-0.25, -0.2) is 9.78 Å². The van der Waals surface area contributed by atoms with E-state index >= 15 is 0 Å². The molecule has 0 spiro atoms. The number of nitrogens with zero attached hydrogens (tertiary/aromatic N) is 1. The molecule has 88 valence electrons. The molecule has 0 radical (unpaired) electrons. The first kappa shape index (κ1) is 13.0. The fraction of sp³-hybridized carbons (Fsp3) is 0.500. The molecule has 0 atom stereocenters. The van der Waals surface area contributed by atoms with E-state index in [-0.39, 0.29) is 5.97 Å². The maximum absolute atomic E-state index is 11.7. The smallest absolute Gasteiger partial charge is 0.340 e. The molecular weight excluding hydrogens is 222 g/mol. The Balaban J connectivity index is 2.70. The number of carbonyl (C=O) groups is 1. The zero-order valence-electron chi connectivity index (χ0n) is 10.1. The molecule has 0 aliphatic heterocycles. The van der Waals surface area contributed by atoms with E-state index in [1.807, 2.05) is 26.8 Å². The molecule has 3 nitrogen and oxygen atoms in total. The molecule has 1 rings (SSSR count). The average molecular weight is 239 g/mol. The molecule has 16 heavy (non-hydrogen) atoms. The van der Waals surface area contributed by atoms with Crippen molar-refractivity contribution in [3.05, 3.63) is 23.9 Å². The summed E-state index contributed by atoms with van der Waals surface area (Å²) in [6.45, 7) is 7.60. The predicted molar refractivity (Wildman–Crippen MR) is 65.8 cm³/mol. The van der Waals surface area contributed by atoms with E-state index in [0.29, 0.717) is 5.56 Å². The van der Waals surface area contributed by atoms with E-state index in [4.69, 9.17) is 4.74 Å². The van der Waals surface area contributed by atoms with Gasteiger partial charge < -0.3 is 4.74 Å². The topological polar surface area (TPSA) is 39.2 Å². The molecular formula is C12H17NO2S. The minimum Gasteiger partial charge on any atom is -0.456 e. The summed E-state index contributed by atoms with van der Waals surface area (Å²) >= 11 is 1.65. The van der Waals surface area contributed by atoms with Gasteiger partial charge in [-0.2, -0.15) is 0 Å². The van der Waals surface area contributed by atoms with Crippen molar-refractivity contribution in [1.29, 1.82) is 0 Å². The Morgan fingerprint density at radius 3 is 2.56 bits per heavy atom. The standard InChI is InChI=1S/C12H17NO2S/c1-5-16-10-7-6-9(8-13-10)11(14)15-12(2,3)4/h6-8H,5H2,1-4H3. The lowest BCUT2D eigenvalue weighted by atomic mass is 10.2. The molecule has 1 heterocycles. The molecule has 4 heteroatoms. The van der Waals surface area contributed by atoms with Gasteiger partial charge in [-0.1, -0.05) is 6.92 Å². The van der Waals surface area contributed by atoms with Gasteiger partial charge in [0.1, 0.15) is 5.60 Å². The number of esters is 1. The van der Waals surface area contributed by atoms with Crippen molar-refractivity contribution in [2.24, 2.45) is 0 Å². The Kier molecular flexibility index (Phi) is 4.35. The van der Waals surface area contributed by atoms with Crippen molar-refractivity contribution >= 4 is 17.7 Å². The summed E-state index contributed by atoms with van der Waals surface area (Å²) in [4.78, 5) is 15.8. The van der Waals surface area contributed by atoms with E-state index in [2.05, 4.69) is 11.9 Å². The molecule has 0 N–H and O–H groups in total. The summed E-state index contributed by atoms with van der Waals surface area (Å²) in [7, 11) is 0. The number of pyridine rings is 1. The molecule has 0 aliphatic carbocycles. The Labute approximate surface area is 101 Å². The third-order valence-electron chi connectivity index (χ3n) is 1.66. The van der Waals surface area contributed by atoms with Gasteiger partial charge in [-0.15, -0.1) is 11.8 Å². The largest absolute Gasteiger partial charge is 0.456 e. The highest BCUT2D eigenvalue weighted by Gasteiger charge is 2.17. The quantitative estimate of drug-likeness (QED) is 0.600. The van der Waals surface area contributed by atoms with E-state index < -0.39 is 5.60 Å². The van der Waals surface area contributed by atoms with Crippen LogP contribution in [-0.2, 0) is 4.74 Å². The summed E-state index contributed by atoms with van der Waals surface area (Å²) in [5.74, 6) is 0.645. The number of ether oxygens (including phenoxy) is 1. The van der Waals surface area contributed by atoms with Crippen LogP contribution in [-0.4, -0.2) is 22.3 Å². The highest BCUT2D eigenvalue weighted by atomic mass is 32.2. The first-order valence-electron chi connectivity index (χ1n) is 5.24. The molecule has 0 bridgehead atoms. The van der Waals surface area contributed by atoms with Crippen molar-refractivity contribution in [1.82, 2.24) is 4.98 Å². The van der Waals surface area contributed by atoms with Crippen molar-refractivity contribution in [2.75, 3.05) is 5.75 Å². The second-order valence-corrected chi connectivity index (χ2v) is 5.60. The third kappa shape index (κ3) is 4.23. The molecule has 0 saturated carbocycles. The van der Waals surface area contributed by atoms with E-state index in [1.165, 1.54) is 0 Å². The highest BCUT2D eigenvalue weighted by molar-refractivity contribution is 7.99. The van der Waals surface area contributed by atoms with Crippen LogP contribution in [0.3, 0.4) is 0 Å². The van der Waals surface area contributed by atoms with Crippen molar-refractivity contribution in [3.63, 3.8) is 0 Å². The second-order valence-electron chi connectivity index (χ2n) is 4.32. The van der Waals surface area contributed by atoms with Gasteiger partial charge in [0, 0.05) is 6.20 Å². The minimum atomic E-state index is -0.464. The van der Waals surface area contributed by atoms with Gasteiger partial charge in [0.25, 0.3) is 0 Å². The number of rotatable bonds is 3. The van der Waals surface area contributed by atoms with Crippen molar-refractivity contribution in [3.8, 4) is 0 Å². The number of aromatic nitrogens is 1. The Morgan fingerprint density at radius 1 is 1.44 bits per heavy atom. The molecule has 1 aromatic rings. The fourth-order valence-corrected chi connectivity index (χ4v) is 1.66.